The predicted octanol–water partition coefficient (Wildman–Crippen LogP) is 14.9. The van der Waals surface area contributed by atoms with Gasteiger partial charge in [-0.05, 0) is 75.8 Å². The van der Waals surface area contributed by atoms with Gasteiger partial charge >= 0.3 is 0 Å². The maximum atomic E-state index is 9.13. The molecule has 0 fully saturated rings. The Bertz CT molecular complexity index is 3370. The second kappa shape index (κ2) is 14.4. The van der Waals surface area contributed by atoms with Crippen LogP contribution in [0, 0.1) is 0 Å². The number of anilines is 3. The largest absolute Gasteiger partial charge is 0.310 e. The van der Waals surface area contributed by atoms with Gasteiger partial charge in [-0.3, -0.25) is 0 Å². The van der Waals surface area contributed by atoms with Gasteiger partial charge in [0.2, 0.25) is 0 Å². The first-order valence-corrected chi connectivity index (χ1v) is 18.4. The maximum absolute atomic E-state index is 9.13. The van der Waals surface area contributed by atoms with Crippen LogP contribution in [0.3, 0.4) is 0 Å². The van der Waals surface area contributed by atoms with Crippen molar-refractivity contribution < 1.29 is 13.7 Å². The minimum Gasteiger partial charge on any atom is -0.310 e. The minimum absolute atomic E-state index is 0.0898. The molecule has 0 aliphatic heterocycles. The monoisotopic (exact) mass is 724 g/mol. The Labute approximate surface area is 341 Å². The Morgan fingerprint density at radius 1 is 0.339 bits per heavy atom. The summed E-state index contributed by atoms with van der Waals surface area (Å²) in [7, 11) is 0. The van der Waals surface area contributed by atoms with E-state index < -0.39 is 60.4 Å². The number of hydrogen-bond donors (Lipinski definition) is 0. The highest BCUT2D eigenvalue weighted by molar-refractivity contribution is 6.11. The van der Waals surface area contributed by atoms with Crippen molar-refractivity contribution in [2.75, 3.05) is 4.90 Å². The normalized spacial score (nSPS) is 13.7. The molecule has 1 heterocycles. The van der Waals surface area contributed by atoms with E-state index in [0.29, 0.717) is 11.0 Å². The molecule has 0 unspecified atom stereocenters. The van der Waals surface area contributed by atoms with Gasteiger partial charge in [0.15, 0.2) is 0 Å². The smallest absolute Gasteiger partial charge is 0.0629 e. The molecular weight excluding hydrogens is 677 g/mol. The first-order chi connectivity index (χ1) is 31.9. The van der Waals surface area contributed by atoms with Crippen molar-refractivity contribution in [2.45, 2.75) is 0 Å². The standard InChI is InChI=1S/C54H38N2/c1-5-16-39(17-6-1)40-28-30-41(31-29-40)42-32-34-46(35-33-42)55(45-22-11-4-12-23-45)47-36-37-51-50-24-13-14-27-52(50)56(53(51)38-47)54-48(43-18-7-2-8-19-43)25-15-26-49(54)44-20-9-3-10-21-44/h1-38H/i2D,3D,7D,8D,9D,10D,18D,19D,20D,21D. The van der Waals surface area contributed by atoms with Crippen LogP contribution in [0.25, 0.3) is 72.0 Å². The molecular formula is C54H38N2. The van der Waals surface area contributed by atoms with E-state index in [2.05, 4.69) is 65.6 Å². The number of fused-ring (bicyclic) bond motifs is 3. The van der Waals surface area contributed by atoms with E-state index in [9.17, 15) is 0 Å². The van der Waals surface area contributed by atoms with Crippen molar-refractivity contribution in [3.63, 3.8) is 0 Å². The summed E-state index contributed by atoms with van der Waals surface area (Å²) in [6, 6.07) is 50.9. The molecule has 0 atom stereocenters. The Morgan fingerprint density at radius 2 is 0.804 bits per heavy atom. The molecule has 264 valence electrons. The molecule has 56 heavy (non-hydrogen) atoms. The molecule has 0 bridgehead atoms. The number of rotatable bonds is 8. The highest BCUT2D eigenvalue weighted by Crippen LogP contribution is 2.44. The number of nitrogens with zero attached hydrogens (tertiary/aromatic N) is 2. The van der Waals surface area contributed by atoms with Crippen molar-refractivity contribution in [1.82, 2.24) is 4.57 Å². The van der Waals surface area contributed by atoms with Gasteiger partial charge in [0.25, 0.3) is 0 Å². The van der Waals surface area contributed by atoms with Crippen LogP contribution >= 0.6 is 0 Å². The first-order valence-electron chi connectivity index (χ1n) is 23.4. The van der Waals surface area contributed by atoms with Gasteiger partial charge in [0.1, 0.15) is 0 Å². The zero-order valence-electron chi connectivity index (χ0n) is 40.1. The Kier molecular flexibility index (Phi) is 6.21. The Hall–Kier alpha value is -7.42. The summed E-state index contributed by atoms with van der Waals surface area (Å²) in [5.74, 6) is 0. The van der Waals surface area contributed by atoms with Crippen LogP contribution in [0.15, 0.2) is 230 Å². The minimum atomic E-state index is -0.548. The quantitative estimate of drug-likeness (QED) is 0.151. The summed E-state index contributed by atoms with van der Waals surface area (Å²) >= 11 is 0. The number of hydrogen-bond acceptors (Lipinski definition) is 1. The van der Waals surface area contributed by atoms with Crippen molar-refractivity contribution in [1.29, 1.82) is 0 Å². The van der Waals surface area contributed by atoms with Gasteiger partial charge in [-0.25, -0.2) is 0 Å². The van der Waals surface area contributed by atoms with E-state index >= 15 is 0 Å². The molecule has 2 nitrogen and oxygen atoms in total. The summed E-state index contributed by atoms with van der Waals surface area (Å²) in [4.78, 5) is 2.14. The van der Waals surface area contributed by atoms with E-state index in [4.69, 9.17) is 13.7 Å². The lowest BCUT2D eigenvalue weighted by molar-refractivity contribution is 1.18. The predicted molar refractivity (Wildman–Crippen MR) is 237 cm³/mol. The van der Waals surface area contributed by atoms with Crippen molar-refractivity contribution in [2.24, 2.45) is 0 Å². The highest BCUT2D eigenvalue weighted by Gasteiger charge is 2.21. The van der Waals surface area contributed by atoms with E-state index in [1.165, 1.54) is 0 Å². The Morgan fingerprint density at radius 3 is 1.41 bits per heavy atom. The molecule has 0 saturated carbocycles. The summed E-state index contributed by atoms with van der Waals surface area (Å²) < 4.78 is 89.8. The average Bonchev–Trinajstić information content (AvgIpc) is 3.68. The van der Waals surface area contributed by atoms with Crippen LogP contribution in [0.4, 0.5) is 17.1 Å². The molecule has 1 aromatic heterocycles. The fourth-order valence-electron chi connectivity index (χ4n) is 7.61. The molecule has 10 aromatic rings. The molecule has 0 amide bonds. The number of para-hydroxylation sites is 3. The van der Waals surface area contributed by atoms with Crippen molar-refractivity contribution >= 4 is 38.9 Å². The van der Waals surface area contributed by atoms with Gasteiger partial charge in [0, 0.05) is 39.0 Å². The van der Waals surface area contributed by atoms with Gasteiger partial charge in [0.05, 0.1) is 30.4 Å². The molecule has 0 spiro atoms. The zero-order valence-corrected chi connectivity index (χ0v) is 30.1. The summed E-state index contributed by atoms with van der Waals surface area (Å²) in [6.07, 6.45) is 0. The fraction of sp³-hybridized carbons (Fsp3) is 0. The third-order valence-corrected chi connectivity index (χ3v) is 10.2. The number of benzene rings is 9. The lowest BCUT2D eigenvalue weighted by Crippen LogP contribution is -2.10. The first kappa shape index (κ1) is 24.1. The topological polar surface area (TPSA) is 8.17 Å². The molecule has 0 N–H and O–H groups in total. The van der Waals surface area contributed by atoms with Gasteiger partial charge in [-0.15, -0.1) is 0 Å². The summed E-state index contributed by atoms with van der Waals surface area (Å²) in [6.45, 7) is 0. The van der Waals surface area contributed by atoms with Crippen molar-refractivity contribution in [3.8, 4) is 50.2 Å². The summed E-state index contributed by atoms with van der Waals surface area (Å²) in [5.41, 5.74) is 8.85. The SMILES string of the molecule is [2H]c1c([2H])c([2H])c(-c2cccc(-c3c([2H])c([2H])c([2H])c([2H])c3[2H])c2-n2c3ccccc3c3ccc(N(c4ccccc4)c4ccc(-c5ccc(-c6ccccc6)cc5)cc4)cc32)c([2H])c1[2H]. The lowest BCUT2D eigenvalue weighted by Gasteiger charge is -2.26. The Balaban J connectivity index is 1.22. The third-order valence-electron chi connectivity index (χ3n) is 10.2. The molecule has 9 aromatic carbocycles. The number of aromatic nitrogens is 1. The molecule has 2 heteroatoms. The van der Waals surface area contributed by atoms with Crippen LogP contribution in [0.2, 0.25) is 0 Å². The van der Waals surface area contributed by atoms with Crippen LogP contribution in [-0.4, -0.2) is 4.57 Å². The maximum Gasteiger partial charge on any atom is 0.0629 e. The van der Waals surface area contributed by atoms with E-state index in [1.54, 1.807) is 18.2 Å². The molecule has 0 aliphatic rings. The fourth-order valence-corrected chi connectivity index (χ4v) is 7.61. The molecule has 0 aliphatic carbocycles. The highest BCUT2D eigenvalue weighted by atomic mass is 15.1. The van der Waals surface area contributed by atoms with Gasteiger partial charge in [-0.2, -0.15) is 0 Å². The van der Waals surface area contributed by atoms with Crippen LogP contribution in [-0.2, 0) is 0 Å². The average molecular weight is 725 g/mol. The summed E-state index contributed by atoms with van der Waals surface area (Å²) in [5, 5.41) is 1.68. The molecule has 10 rings (SSSR count). The van der Waals surface area contributed by atoms with E-state index in [1.807, 2.05) is 95.6 Å². The lowest BCUT2D eigenvalue weighted by atomic mass is 9.95. The second-order valence-electron chi connectivity index (χ2n) is 13.4. The van der Waals surface area contributed by atoms with E-state index in [-0.39, 0.29) is 27.9 Å². The van der Waals surface area contributed by atoms with Crippen LogP contribution < -0.4 is 4.90 Å². The third kappa shape index (κ3) is 6.04. The van der Waals surface area contributed by atoms with Crippen LogP contribution in [0.5, 0.6) is 0 Å². The second-order valence-corrected chi connectivity index (χ2v) is 13.4. The van der Waals surface area contributed by atoms with Crippen LogP contribution in [0.1, 0.15) is 13.7 Å². The van der Waals surface area contributed by atoms with Gasteiger partial charge in [-0.1, -0.05) is 188 Å². The van der Waals surface area contributed by atoms with E-state index in [0.717, 1.165) is 50.1 Å². The zero-order chi connectivity index (χ0) is 46.0. The molecule has 0 saturated heterocycles. The molecule has 0 radical (unpaired) electrons. The van der Waals surface area contributed by atoms with Crippen molar-refractivity contribution in [3.05, 3.63) is 230 Å². The van der Waals surface area contributed by atoms with Gasteiger partial charge < -0.3 is 9.47 Å².